The lowest BCUT2D eigenvalue weighted by atomic mass is 10.1. The lowest BCUT2D eigenvalue weighted by Crippen LogP contribution is -2.05. The zero-order valence-corrected chi connectivity index (χ0v) is 9.18. The zero-order chi connectivity index (χ0) is 11.8. The van der Waals surface area contributed by atoms with Crippen LogP contribution in [0.2, 0.25) is 0 Å². The van der Waals surface area contributed by atoms with Gasteiger partial charge < -0.3 is 5.32 Å². The summed E-state index contributed by atoms with van der Waals surface area (Å²) in [4.78, 5) is 0. The molecule has 82 valence electrons. The predicted octanol–water partition coefficient (Wildman–Crippen LogP) is 1.85. The molecule has 16 heavy (non-hydrogen) atoms. The second-order valence-corrected chi connectivity index (χ2v) is 3.30. The molecular formula is C13H13FN2. The van der Waals surface area contributed by atoms with Crippen LogP contribution in [-0.2, 0) is 6.42 Å². The fourth-order valence-electron chi connectivity index (χ4n) is 1.21. The van der Waals surface area contributed by atoms with Crippen molar-refractivity contribution in [2.24, 2.45) is 0 Å². The van der Waals surface area contributed by atoms with Gasteiger partial charge in [-0.25, -0.2) is 4.39 Å². The summed E-state index contributed by atoms with van der Waals surface area (Å²) in [6, 6.07) is 6.70. The topological polar surface area (TPSA) is 35.8 Å². The van der Waals surface area contributed by atoms with Gasteiger partial charge >= 0.3 is 0 Å². The first-order valence-corrected chi connectivity index (χ1v) is 5.06. The van der Waals surface area contributed by atoms with Gasteiger partial charge in [0, 0.05) is 13.0 Å². The highest BCUT2D eigenvalue weighted by Gasteiger charge is 2.00. The highest BCUT2D eigenvalue weighted by Crippen LogP contribution is 2.09. The van der Waals surface area contributed by atoms with E-state index in [0.717, 1.165) is 6.54 Å². The molecule has 0 aliphatic rings. The highest BCUT2D eigenvalue weighted by atomic mass is 19.1. The van der Waals surface area contributed by atoms with E-state index in [-0.39, 0.29) is 12.2 Å². The molecule has 0 aromatic heterocycles. The van der Waals surface area contributed by atoms with Gasteiger partial charge in [0.15, 0.2) is 0 Å². The fraction of sp³-hybridized carbons (Fsp3) is 0.308. The van der Waals surface area contributed by atoms with Crippen LogP contribution in [0.5, 0.6) is 0 Å². The quantitative estimate of drug-likeness (QED) is 0.618. The predicted molar refractivity (Wildman–Crippen MR) is 61.1 cm³/mol. The standard InChI is InChI=1S/C13H13FN2/c1-16-9-3-2-4-12-6-5-11(7-8-15)10-13(12)14/h5-6,10,16H,3,7,9H2,1H3. The molecule has 1 aromatic carbocycles. The smallest absolute Gasteiger partial charge is 0.139 e. The second kappa shape index (κ2) is 6.61. The Morgan fingerprint density at radius 3 is 2.88 bits per heavy atom. The summed E-state index contributed by atoms with van der Waals surface area (Å²) < 4.78 is 13.5. The van der Waals surface area contributed by atoms with Crippen LogP contribution in [0.3, 0.4) is 0 Å². The molecule has 0 fully saturated rings. The van der Waals surface area contributed by atoms with Crippen LogP contribution in [0.4, 0.5) is 4.39 Å². The summed E-state index contributed by atoms with van der Waals surface area (Å²) in [6.07, 6.45) is 0.917. The van der Waals surface area contributed by atoms with Crippen molar-refractivity contribution in [3.8, 4) is 17.9 Å². The Bertz CT molecular complexity index is 449. The van der Waals surface area contributed by atoms with Gasteiger partial charge in [-0.05, 0) is 24.7 Å². The molecule has 0 bridgehead atoms. The average Bonchev–Trinajstić information content (AvgIpc) is 2.27. The van der Waals surface area contributed by atoms with E-state index >= 15 is 0 Å². The zero-order valence-electron chi connectivity index (χ0n) is 9.18. The van der Waals surface area contributed by atoms with Gasteiger partial charge in [0.1, 0.15) is 5.82 Å². The van der Waals surface area contributed by atoms with E-state index in [0.29, 0.717) is 17.5 Å². The first-order chi connectivity index (χ1) is 7.77. The molecule has 0 radical (unpaired) electrons. The van der Waals surface area contributed by atoms with Gasteiger partial charge in [-0.2, -0.15) is 5.26 Å². The lowest BCUT2D eigenvalue weighted by molar-refractivity contribution is 0.622. The number of nitrogens with one attached hydrogen (secondary N) is 1. The fourth-order valence-corrected chi connectivity index (χ4v) is 1.21. The third kappa shape index (κ3) is 3.73. The molecule has 2 nitrogen and oxygen atoms in total. The summed E-state index contributed by atoms with van der Waals surface area (Å²) in [5.74, 6) is 5.29. The lowest BCUT2D eigenvalue weighted by Gasteiger charge is -1.97. The normalized spacial score (nSPS) is 9.06. The maximum atomic E-state index is 13.5. The van der Waals surface area contributed by atoms with Gasteiger partial charge in [0.25, 0.3) is 0 Å². The number of halogens is 1. The van der Waals surface area contributed by atoms with Gasteiger partial charge in [-0.3, -0.25) is 0 Å². The third-order valence-corrected chi connectivity index (χ3v) is 2.04. The Hall–Kier alpha value is -1.84. The number of benzene rings is 1. The first kappa shape index (κ1) is 12.2. The number of hydrogen-bond donors (Lipinski definition) is 1. The minimum absolute atomic E-state index is 0.227. The molecule has 1 N–H and O–H groups in total. The molecule has 0 heterocycles. The minimum Gasteiger partial charge on any atom is -0.319 e. The van der Waals surface area contributed by atoms with Crippen molar-refractivity contribution in [3.63, 3.8) is 0 Å². The minimum atomic E-state index is -0.357. The summed E-state index contributed by atoms with van der Waals surface area (Å²) in [6.45, 7) is 0.793. The maximum absolute atomic E-state index is 13.5. The van der Waals surface area contributed by atoms with Crippen LogP contribution in [0.1, 0.15) is 17.5 Å². The maximum Gasteiger partial charge on any atom is 0.139 e. The van der Waals surface area contributed by atoms with Crippen molar-refractivity contribution in [2.75, 3.05) is 13.6 Å². The summed E-state index contributed by atoms with van der Waals surface area (Å²) in [7, 11) is 1.85. The summed E-state index contributed by atoms with van der Waals surface area (Å²) >= 11 is 0. The average molecular weight is 216 g/mol. The molecule has 0 aliphatic carbocycles. The third-order valence-electron chi connectivity index (χ3n) is 2.04. The van der Waals surface area contributed by atoms with Crippen LogP contribution in [-0.4, -0.2) is 13.6 Å². The largest absolute Gasteiger partial charge is 0.319 e. The molecular weight excluding hydrogens is 203 g/mol. The van der Waals surface area contributed by atoms with Gasteiger partial charge in [-0.15, -0.1) is 0 Å². The molecule has 1 rings (SSSR count). The Morgan fingerprint density at radius 2 is 2.25 bits per heavy atom. The van der Waals surface area contributed by atoms with Crippen LogP contribution in [0.15, 0.2) is 18.2 Å². The Labute approximate surface area is 95.1 Å². The Kier molecular flexibility index (Phi) is 5.05. The number of nitriles is 1. The number of hydrogen-bond acceptors (Lipinski definition) is 2. The van der Waals surface area contributed by atoms with E-state index in [1.807, 2.05) is 13.1 Å². The van der Waals surface area contributed by atoms with Crippen molar-refractivity contribution >= 4 is 0 Å². The van der Waals surface area contributed by atoms with Crippen molar-refractivity contribution in [3.05, 3.63) is 35.1 Å². The van der Waals surface area contributed by atoms with E-state index in [1.54, 1.807) is 12.1 Å². The van der Waals surface area contributed by atoms with E-state index in [9.17, 15) is 4.39 Å². The molecule has 0 saturated heterocycles. The molecule has 3 heteroatoms. The Balaban J connectivity index is 2.74. The van der Waals surface area contributed by atoms with Crippen molar-refractivity contribution in [2.45, 2.75) is 12.8 Å². The number of nitrogens with zero attached hydrogens (tertiary/aromatic N) is 1. The Morgan fingerprint density at radius 1 is 1.44 bits per heavy atom. The van der Waals surface area contributed by atoms with E-state index in [1.165, 1.54) is 6.07 Å². The van der Waals surface area contributed by atoms with Crippen LogP contribution in [0.25, 0.3) is 0 Å². The van der Waals surface area contributed by atoms with Gasteiger partial charge in [-0.1, -0.05) is 17.9 Å². The molecule has 0 amide bonds. The molecule has 0 unspecified atom stereocenters. The molecule has 0 atom stereocenters. The van der Waals surface area contributed by atoms with E-state index in [4.69, 9.17) is 5.26 Å². The molecule has 0 spiro atoms. The molecule has 0 saturated carbocycles. The summed E-state index contributed by atoms with van der Waals surface area (Å²) in [5.41, 5.74) is 1.07. The van der Waals surface area contributed by atoms with Crippen molar-refractivity contribution in [1.29, 1.82) is 5.26 Å². The second-order valence-electron chi connectivity index (χ2n) is 3.30. The van der Waals surface area contributed by atoms with Crippen LogP contribution >= 0.6 is 0 Å². The SMILES string of the molecule is CNCCC#Cc1ccc(CC#N)cc1F. The summed E-state index contributed by atoms with van der Waals surface area (Å²) in [5, 5.41) is 11.4. The van der Waals surface area contributed by atoms with E-state index < -0.39 is 0 Å². The van der Waals surface area contributed by atoms with E-state index in [2.05, 4.69) is 17.2 Å². The van der Waals surface area contributed by atoms with Gasteiger partial charge in [0.05, 0.1) is 18.1 Å². The van der Waals surface area contributed by atoms with Gasteiger partial charge in [0.2, 0.25) is 0 Å². The monoisotopic (exact) mass is 216 g/mol. The van der Waals surface area contributed by atoms with Crippen molar-refractivity contribution in [1.82, 2.24) is 5.32 Å². The molecule has 1 aromatic rings. The molecule has 0 aliphatic heterocycles. The van der Waals surface area contributed by atoms with Crippen LogP contribution < -0.4 is 5.32 Å². The number of rotatable bonds is 3. The first-order valence-electron chi connectivity index (χ1n) is 5.06. The van der Waals surface area contributed by atoms with Crippen molar-refractivity contribution < 1.29 is 4.39 Å². The van der Waals surface area contributed by atoms with Crippen LogP contribution in [0, 0.1) is 29.0 Å². The highest BCUT2D eigenvalue weighted by molar-refractivity contribution is 5.38.